The fourth-order valence-electron chi connectivity index (χ4n) is 3.22. The zero-order chi connectivity index (χ0) is 12.1. The number of hydrogen-bond acceptors (Lipinski definition) is 2. The van der Waals surface area contributed by atoms with Crippen LogP contribution in [0.2, 0.25) is 0 Å². The van der Waals surface area contributed by atoms with Crippen molar-refractivity contribution in [2.24, 2.45) is 11.7 Å². The van der Waals surface area contributed by atoms with Crippen molar-refractivity contribution in [3.05, 3.63) is 0 Å². The molecule has 3 nitrogen and oxygen atoms in total. The Kier molecular flexibility index (Phi) is 4.84. The van der Waals surface area contributed by atoms with Crippen LogP contribution in [0.3, 0.4) is 0 Å². The number of carbonyl (C=O) groups is 1. The van der Waals surface area contributed by atoms with Gasteiger partial charge < -0.3 is 11.1 Å². The summed E-state index contributed by atoms with van der Waals surface area (Å²) in [7, 11) is 0. The van der Waals surface area contributed by atoms with Gasteiger partial charge in [0, 0.05) is 12.1 Å². The number of amides is 1. The molecule has 0 spiro atoms. The van der Waals surface area contributed by atoms with Crippen LogP contribution in [0.5, 0.6) is 0 Å². The lowest BCUT2D eigenvalue weighted by Gasteiger charge is -2.27. The van der Waals surface area contributed by atoms with Crippen LogP contribution in [0.25, 0.3) is 0 Å². The Labute approximate surface area is 105 Å². The van der Waals surface area contributed by atoms with Gasteiger partial charge in [0.1, 0.15) is 0 Å². The summed E-state index contributed by atoms with van der Waals surface area (Å²) in [5.74, 6) is 0.297. The monoisotopic (exact) mass is 238 g/mol. The molecule has 2 rings (SSSR count). The van der Waals surface area contributed by atoms with Crippen LogP contribution in [-0.2, 0) is 4.79 Å². The van der Waals surface area contributed by atoms with Gasteiger partial charge in [0.15, 0.2) is 0 Å². The summed E-state index contributed by atoms with van der Waals surface area (Å²) in [5.41, 5.74) is 6.12. The fourth-order valence-corrected chi connectivity index (χ4v) is 3.22. The van der Waals surface area contributed by atoms with Crippen molar-refractivity contribution in [1.82, 2.24) is 5.32 Å². The molecule has 0 saturated heterocycles. The van der Waals surface area contributed by atoms with Gasteiger partial charge in [0.25, 0.3) is 0 Å². The number of rotatable bonds is 2. The van der Waals surface area contributed by atoms with E-state index in [4.69, 9.17) is 5.73 Å². The highest BCUT2D eigenvalue weighted by molar-refractivity contribution is 5.79. The Morgan fingerprint density at radius 3 is 2.18 bits per heavy atom. The number of nitrogens with two attached hydrogens (primary N) is 1. The van der Waals surface area contributed by atoms with Gasteiger partial charge >= 0.3 is 0 Å². The van der Waals surface area contributed by atoms with Gasteiger partial charge in [-0.2, -0.15) is 0 Å². The van der Waals surface area contributed by atoms with E-state index in [1.807, 2.05) is 0 Å². The smallest absolute Gasteiger partial charge is 0.224 e. The number of hydrogen-bond donors (Lipinski definition) is 2. The van der Waals surface area contributed by atoms with Crippen LogP contribution >= 0.6 is 0 Å². The Morgan fingerprint density at radius 2 is 1.47 bits per heavy atom. The van der Waals surface area contributed by atoms with E-state index in [-0.39, 0.29) is 17.9 Å². The van der Waals surface area contributed by atoms with E-state index in [1.54, 1.807) is 0 Å². The van der Waals surface area contributed by atoms with Crippen LogP contribution in [0, 0.1) is 5.92 Å². The summed E-state index contributed by atoms with van der Waals surface area (Å²) in [6.07, 6.45) is 11.8. The average molecular weight is 238 g/mol. The van der Waals surface area contributed by atoms with Gasteiger partial charge in [-0.3, -0.25) is 4.79 Å². The second-order valence-electron chi connectivity index (χ2n) is 5.75. The maximum atomic E-state index is 12.2. The first-order valence-corrected chi connectivity index (χ1v) is 7.33. The molecule has 2 atom stereocenters. The van der Waals surface area contributed by atoms with Crippen LogP contribution in [0.4, 0.5) is 0 Å². The maximum absolute atomic E-state index is 12.2. The van der Waals surface area contributed by atoms with Crippen LogP contribution in [0.15, 0.2) is 0 Å². The molecule has 2 aliphatic carbocycles. The molecule has 1 amide bonds. The largest absolute Gasteiger partial charge is 0.353 e. The van der Waals surface area contributed by atoms with Gasteiger partial charge in [-0.25, -0.2) is 0 Å². The third-order valence-corrected chi connectivity index (χ3v) is 4.36. The highest BCUT2D eigenvalue weighted by atomic mass is 16.2. The molecule has 0 radical (unpaired) electrons. The van der Waals surface area contributed by atoms with Crippen LogP contribution in [0.1, 0.15) is 64.2 Å². The molecule has 0 aromatic heterocycles. The molecule has 2 saturated carbocycles. The van der Waals surface area contributed by atoms with Crippen molar-refractivity contribution in [3.63, 3.8) is 0 Å². The minimum absolute atomic E-state index is 0.0689. The number of carbonyl (C=O) groups excluding carboxylic acids is 1. The van der Waals surface area contributed by atoms with Gasteiger partial charge in [-0.1, -0.05) is 38.5 Å². The molecule has 3 heteroatoms. The van der Waals surface area contributed by atoms with Crippen molar-refractivity contribution in [3.8, 4) is 0 Å². The van der Waals surface area contributed by atoms with E-state index in [0.717, 1.165) is 32.1 Å². The predicted octanol–water partition coefficient (Wildman–Crippen LogP) is 2.34. The second kappa shape index (κ2) is 6.39. The van der Waals surface area contributed by atoms with Crippen molar-refractivity contribution >= 4 is 5.91 Å². The Morgan fingerprint density at radius 1 is 0.882 bits per heavy atom. The van der Waals surface area contributed by atoms with E-state index >= 15 is 0 Å². The van der Waals surface area contributed by atoms with E-state index in [9.17, 15) is 4.79 Å². The molecular formula is C14H26N2O. The van der Waals surface area contributed by atoms with Crippen LogP contribution in [-0.4, -0.2) is 18.0 Å². The van der Waals surface area contributed by atoms with E-state index in [2.05, 4.69) is 5.32 Å². The molecule has 98 valence electrons. The Balaban J connectivity index is 1.84. The molecule has 2 fully saturated rings. The van der Waals surface area contributed by atoms with E-state index in [1.165, 1.54) is 32.1 Å². The minimum atomic E-state index is 0.0689. The summed E-state index contributed by atoms with van der Waals surface area (Å²) in [5, 5.41) is 3.23. The molecule has 2 aliphatic rings. The molecule has 3 N–H and O–H groups in total. The summed E-state index contributed by atoms with van der Waals surface area (Å²) in [6.45, 7) is 0. The maximum Gasteiger partial charge on any atom is 0.224 e. The van der Waals surface area contributed by atoms with Gasteiger partial charge in [0.05, 0.1) is 5.92 Å². The lowest BCUT2D eigenvalue weighted by Crippen LogP contribution is -2.45. The van der Waals surface area contributed by atoms with E-state index in [0.29, 0.717) is 6.04 Å². The standard InChI is InChI=1S/C14H26N2O/c15-13-10-6-2-5-9-12(13)14(17)16-11-7-3-1-4-8-11/h11-13H,1-10,15H2,(H,16,17). The molecule has 0 bridgehead atoms. The quantitative estimate of drug-likeness (QED) is 0.726. The first-order valence-electron chi connectivity index (χ1n) is 7.33. The van der Waals surface area contributed by atoms with Crippen molar-refractivity contribution in [1.29, 1.82) is 0 Å². The van der Waals surface area contributed by atoms with Crippen molar-refractivity contribution in [2.75, 3.05) is 0 Å². The lowest BCUT2D eigenvalue weighted by atomic mass is 9.91. The zero-order valence-corrected chi connectivity index (χ0v) is 10.8. The third kappa shape index (κ3) is 3.70. The highest BCUT2D eigenvalue weighted by Crippen LogP contribution is 2.24. The number of nitrogens with one attached hydrogen (secondary N) is 1. The molecular weight excluding hydrogens is 212 g/mol. The van der Waals surface area contributed by atoms with Gasteiger partial charge in [-0.15, -0.1) is 0 Å². The minimum Gasteiger partial charge on any atom is -0.353 e. The van der Waals surface area contributed by atoms with E-state index < -0.39 is 0 Å². The molecule has 17 heavy (non-hydrogen) atoms. The average Bonchev–Trinajstić information content (AvgIpc) is 2.55. The van der Waals surface area contributed by atoms with Crippen molar-refractivity contribution in [2.45, 2.75) is 76.3 Å². The summed E-state index contributed by atoms with van der Waals surface area (Å²) >= 11 is 0. The Hall–Kier alpha value is -0.570. The topological polar surface area (TPSA) is 55.1 Å². The van der Waals surface area contributed by atoms with Gasteiger partial charge in [-0.05, 0) is 25.7 Å². The molecule has 0 aromatic rings. The summed E-state index contributed by atoms with van der Waals surface area (Å²) < 4.78 is 0. The molecule has 0 aliphatic heterocycles. The summed E-state index contributed by atoms with van der Waals surface area (Å²) in [6, 6.07) is 0.507. The first-order chi connectivity index (χ1) is 8.27. The molecule has 2 unspecified atom stereocenters. The highest BCUT2D eigenvalue weighted by Gasteiger charge is 2.28. The SMILES string of the molecule is NC1CCCCCC1C(=O)NC1CCCCC1. The van der Waals surface area contributed by atoms with Crippen LogP contribution < -0.4 is 11.1 Å². The third-order valence-electron chi connectivity index (χ3n) is 4.36. The molecule has 0 aromatic carbocycles. The fraction of sp³-hybridized carbons (Fsp3) is 0.929. The summed E-state index contributed by atoms with van der Waals surface area (Å²) in [4.78, 5) is 12.2. The lowest BCUT2D eigenvalue weighted by molar-refractivity contribution is -0.126. The van der Waals surface area contributed by atoms with Crippen molar-refractivity contribution < 1.29 is 4.79 Å². The van der Waals surface area contributed by atoms with Gasteiger partial charge in [0.2, 0.25) is 5.91 Å². The molecule has 0 heterocycles. The predicted molar refractivity (Wildman–Crippen MR) is 69.6 cm³/mol. The first kappa shape index (κ1) is 12.9. The Bertz CT molecular complexity index is 249. The second-order valence-corrected chi connectivity index (χ2v) is 5.75. The normalized spacial score (nSPS) is 31.8. The zero-order valence-electron chi connectivity index (χ0n) is 10.8.